The number of rotatable bonds is 7. The van der Waals surface area contributed by atoms with E-state index in [4.69, 9.17) is 20.8 Å². The summed E-state index contributed by atoms with van der Waals surface area (Å²) in [6.07, 6.45) is 12.8. The molecular formula is C27H35N7. The second-order valence-corrected chi connectivity index (χ2v) is 11.2. The van der Waals surface area contributed by atoms with Gasteiger partial charge in [0.2, 0.25) is 0 Å². The highest BCUT2D eigenvalue weighted by molar-refractivity contribution is 5.81. The molecule has 4 fully saturated rings. The maximum atomic E-state index is 5.70. The Labute approximate surface area is 201 Å². The highest BCUT2D eigenvalue weighted by Gasteiger charge is 2.41. The Hall–Kier alpha value is -2.51. The number of likely N-dealkylation sites (tertiary alicyclic amines) is 1. The van der Waals surface area contributed by atoms with Crippen LogP contribution in [-0.4, -0.2) is 63.4 Å². The number of nitrogens with two attached hydrogens (primary N) is 1. The summed E-state index contributed by atoms with van der Waals surface area (Å²) in [6, 6.07) is 8.45. The SMILES string of the molecule is CN1C[C@H]2C[C@@H]1CN2c1ccc2ncc(-c3cn(C4CC(CCCN)C4)nc3C3CC3)nc2c1. The van der Waals surface area contributed by atoms with Crippen molar-refractivity contribution in [3.8, 4) is 11.3 Å². The molecule has 7 rings (SSSR count). The van der Waals surface area contributed by atoms with Gasteiger partial charge in [0.05, 0.1) is 34.7 Å². The highest BCUT2D eigenvalue weighted by Crippen LogP contribution is 2.46. The van der Waals surface area contributed by atoms with Crippen molar-refractivity contribution < 1.29 is 0 Å². The van der Waals surface area contributed by atoms with Gasteiger partial charge in [-0.05, 0) is 82.7 Å². The van der Waals surface area contributed by atoms with Gasteiger partial charge >= 0.3 is 0 Å². The molecule has 2 bridgehead atoms. The Morgan fingerprint density at radius 3 is 2.65 bits per heavy atom. The van der Waals surface area contributed by atoms with Crippen LogP contribution < -0.4 is 10.6 Å². The van der Waals surface area contributed by atoms with Crippen molar-refractivity contribution in [3.63, 3.8) is 0 Å². The third kappa shape index (κ3) is 3.52. The summed E-state index contributed by atoms with van der Waals surface area (Å²) in [5, 5.41) is 5.09. The Kier molecular flexibility index (Phi) is 4.91. The van der Waals surface area contributed by atoms with E-state index in [0.717, 1.165) is 48.7 Å². The smallest absolute Gasteiger partial charge is 0.0927 e. The van der Waals surface area contributed by atoms with Crippen LogP contribution in [0.4, 0.5) is 5.69 Å². The molecule has 178 valence electrons. The molecular weight excluding hydrogens is 422 g/mol. The summed E-state index contributed by atoms with van der Waals surface area (Å²) in [5.74, 6) is 1.40. The number of piperazine rings is 1. The largest absolute Gasteiger partial charge is 0.366 e. The van der Waals surface area contributed by atoms with Crippen LogP contribution in [0.3, 0.4) is 0 Å². The van der Waals surface area contributed by atoms with E-state index in [2.05, 4.69) is 45.9 Å². The van der Waals surface area contributed by atoms with E-state index in [1.165, 1.54) is 55.5 Å². The molecule has 2 N–H and O–H groups in total. The van der Waals surface area contributed by atoms with Crippen LogP contribution in [0, 0.1) is 5.92 Å². The molecule has 2 aliphatic carbocycles. The lowest BCUT2D eigenvalue weighted by Gasteiger charge is -2.35. The standard InChI is InChI=1S/C27H35N7/c1-32-14-22-11-21(32)15-33(22)19-6-7-24-25(12-19)30-26(13-29-24)23-16-34(31-27(23)18-4-5-18)20-9-17(10-20)3-2-8-28/h6-7,12-13,16-18,20-22H,2-5,8-11,14-15,28H2,1H3/t17?,20?,21-,22-/m1/s1. The molecule has 0 unspecified atom stereocenters. The zero-order valence-corrected chi connectivity index (χ0v) is 20.1. The molecule has 7 nitrogen and oxygen atoms in total. The average molecular weight is 458 g/mol. The van der Waals surface area contributed by atoms with Crippen molar-refractivity contribution in [2.24, 2.45) is 11.7 Å². The number of likely N-dealkylation sites (N-methyl/N-ethyl adjacent to an activating group) is 1. The van der Waals surface area contributed by atoms with Crippen molar-refractivity contribution in [1.82, 2.24) is 24.6 Å². The molecule has 0 radical (unpaired) electrons. The van der Waals surface area contributed by atoms with Gasteiger partial charge in [0.15, 0.2) is 0 Å². The predicted molar refractivity (Wildman–Crippen MR) is 135 cm³/mol. The Balaban J connectivity index is 1.17. The van der Waals surface area contributed by atoms with Crippen molar-refractivity contribution in [3.05, 3.63) is 36.3 Å². The van der Waals surface area contributed by atoms with Crippen molar-refractivity contribution in [2.45, 2.75) is 69.0 Å². The van der Waals surface area contributed by atoms with E-state index < -0.39 is 0 Å². The van der Waals surface area contributed by atoms with E-state index in [1.807, 2.05) is 6.20 Å². The molecule has 2 saturated heterocycles. The van der Waals surface area contributed by atoms with Gasteiger partial charge < -0.3 is 10.6 Å². The van der Waals surface area contributed by atoms with E-state index in [1.54, 1.807) is 0 Å². The second kappa shape index (κ2) is 8.02. The lowest BCUT2D eigenvalue weighted by atomic mass is 9.77. The van der Waals surface area contributed by atoms with E-state index >= 15 is 0 Å². The number of aromatic nitrogens is 4. The lowest BCUT2D eigenvalue weighted by molar-refractivity contribution is 0.171. The van der Waals surface area contributed by atoms with E-state index in [-0.39, 0.29) is 0 Å². The van der Waals surface area contributed by atoms with Gasteiger partial charge in [-0.2, -0.15) is 5.10 Å². The molecule has 4 aliphatic rings. The highest BCUT2D eigenvalue weighted by atomic mass is 15.3. The topological polar surface area (TPSA) is 76.1 Å². The number of fused-ring (bicyclic) bond motifs is 3. The molecule has 2 aromatic heterocycles. The Bertz CT molecular complexity index is 1210. The van der Waals surface area contributed by atoms with Gasteiger partial charge in [0, 0.05) is 48.5 Å². The average Bonchev–Trinajstić information content (AvgIpc) is 3.28. The van der Waals surface area contributed by atoms with Gasteiger partial charge in [-0.3, -0.25) is 14.6 Å². The van der Waals surface area contributed by atoms with Crippen LogP contribution in [0.25, 0.3) is 22.3 Å². The molecule has 0 spiro atoms. The first kappa shape index (κ1) is 20.8. The van der Waals surface area contributed by atoms with Gasteiger partial charge in [-0.15, -0.1) is 0 Å². The molecule has 3 aromatic rings. The van der Waals surface area contributed by atoms with Crippen LogP contribution in [0.5, 0.6) is 0 Å². The van der Waals surface area contributed by atoms with Crippen LogP contribution in [0.1, 0.15) is 62.6 Å². The summed E-state index contributed by atoms with van der Waals surface area (Å²) >= 11 is 0. The fourth-order valence-corrected chi connectivity index (χ4v) is 6.50. The molecule has 1 aromatic carbocycles. The van der Waals surface area contributed by atoms with Crippen LogP contribution in [0.15, 0.2) is 30.6 Å². The fourth-order valence-electron chi connectivity index (χ4n) is 6.50. The molecule has 2 saturated carbocycles. The maximum Gasteiger partial charge on any atom is 0.0927 e. The third-order valence-electron chi connectivity index (χ3n) is 8.77. The summed E-state index contributed by atoms with van der Waals surface area (Å²) in [7, 11) is 2.25. The van der Waals surface area contributed by atoms with Gasteiger partial charge in [-0.25, -0.2) is 4.98 Å². The van der Waals surface area contributed by atoms with Gasteiger partial charge in [0.25, 0.3) is 0 Å². The Morgan fingerprint density at radius 1 is 1.03 bits per heavy atom. The van der Waals surface area contributed by atoms with Crippen molar-refractivity contribution in [2.75, 3.05) is 31.6 Å². The van der Waals surface area contributed by atoms with Gasteiger partial charge in [-0.1, -0.05) is 0 Å². The molecule has 4 heterocycles. The third-order valence-corrected chi connectivity index (χ3v) is 8.77. The van der Waals surface area contributed by atoms with Crippen LogP contribution in [-0.2, 0) is 0 Å². The van der Waals surface area contributed by atoms with Crippen LogP contribution >= 0.6 is 0 Å². The second-order valence-electron chi connectivity index (χ2n) is 11.2. The Morgan fingerprint density at radius 2 is 1.91 bits per heavy atom. The number of anilines is 1. The molecule has 2 aliphatic heterocycles. The molecule has 0 amide bonds. The normalized spacial score (nSPS) is 28.7. The quantitative estimate of drug-likeness (QED) is 0.579. The molecule has 34 heavy (non-hydrogen) atoms. The summed E-state index contributed by atoms with van der Waals surface area (Å²) in [4.78, 5) is 15.0. The van der Waals surface area contributed by atoms with Crippen molar-refractivity contribution in [1.29, 1.82) is 0 Å². The van der Waals surface area contributed by atoms with E-state index in [9.17, 15) is 0 Å². The first-order valence-corrected chi connectivity index (χ1v) is 13.2. The minimum atomic E-state index is 0.526. The minimum Gasteiger partial charge on any atom is -0.366 e. The number of hydrogen-bond donors (Lipinski definition) is 1. The van der Waals surface area contributed by atoms with Crippen LogP contribution in [0.2, 0.25) is 0 Å². The predicted octanol–water partition coefficient (Wildman–Crippen LogP) is 3.95. The summed E-state index contributed by atoms with van der Waals surface area (Å²) < 4.78 is 2.24. The fraction of sp³-hybridized carbons (Fsp3) is 0.593. The van der Waals surface area contributed by atoms with E-state index in [0.29, 0.717) is 24.0 Å². The first-order chi connectivity index (χ1) is 16.7. The lowest BCUT2D eigenvalue weighted by Crippen LogP contribution is -2.44. The zero-order valence-electron chi connectivity index (χ0n) is 20.1. The summed E-state index contributed by atoms with van der Waals surface area (Å²) in [5.41, 5.74) is 12.3. The number of nitrogens with zero attached hydrogens (tertiary/aromatic N) is 6. The first-order valence-electron chi connectivity index (χ1n) is 13.2. The zero-order chi connectivity index (χ0) is 22.8. The molecule has 7 heteroatoms. The van der Waals surface area contributed by atoms with Crippen molar-refractivity contribution >= 4 is 16.7 Å². The monoisotopic (exact) mass is 457 g/mol. The summed E-state index contributed by atoms with van der Waals surface area (Å²) in [6.45, 7) is 3.08. The van der Waals surface area contributed by atoms with Gasteiger partial charge in [0.1, 0.15) is 0 Å². The number of hydrogen-bond acceptors (Lipinski definition) is 6. The maximum absolute atomic E-state index is 5.70. The molecule has 2 atom stereocenters. The minimum absolute atomic E-state index is 0.526. The number of benzene rings is 1.